The molecule has 0 unspecified atom stereocenters. The molecule has 2 N–H and O–H groups in total. The molecule has 2 fully saturated rings. The van der Waals surface area contributed by atoms with Crippen LogP contribution >= 0.6 is 0 Å². The number of anilines is 1. The van der Waals surface area contributed by atoms with Gasteiger partial charge in [-0.1, -0.05) is 36.4 Å². The molecule has 2 aromatic rings. The predicted octanol–water partition coefficient (Wildman–Crippen LogP) is 3.01. The Morgan fingerprint density at radius 1 is 1.15 bits per heavy atom. The number of benzene rings is 2. The van der Waals surface area contributed by atoms with Crippen molar-refractivity contribution < 1.29 is 14.3 Å². The standard InChI is InChI=1S/C21H24N2O3/c1-2-23(18-9-5-7-14-6-3-4-8-17(14)18)16-12-15(13-16)19(24)26-21(10-11-21)20(22)25/h3-9,15-16H,2,10-13H2,1H3,(H2,22,25). The van der Waals surface area contributed by atoms with Crippen molar-refractivity contribution in [2.45, 2.75) is 44.2 Å². The van der Waals surface area contributed by atoms with E-state index in [2.05, 4.69) is 48.2 Å². The first-order valence-corrected chi connectivity index (χ1v) is 9.31. The zero-order chi connectivity index (χ0) is 18.3. The lowest BCUT2D eigenvalue weighted by molar-refractivity contribution is -0.164. The van der Waals surface area contributed by atoms with Crippen LogP contribution < -0.4 is 10.6 Å². The number of hydrogen-bond donors (Lipinski definition) is 1. The maximum absolute atomic E-state index is 12.3. The fourth-order valence-corrected chi connectivity index (χ4v) is 3.91. The summed E-state index contributed by atoms with van der Waals surface area (Å²) >= 11 is 0. The van der Waals surface area contributed by atoms with Gasteiger partial charge in [0.1, 0.15) is 0 Å². The highest BCUT2D eigenvalue weighted by molar-refractivity contribution is 5.94. The summed E-state index contributed by atoms with van der Waals surface area (Å²) in [7, 11) is 0. The molecule has 0 bridgehead atoms. The van der Waals surface area contributed by atoms with Crippen LogP contribution in [-0.4, -0.2) is 30.1 Å². The van der Waals surface area contributed by atoms with Gasteiger partial charge >= 0.3 is 5.97 Å². The molecular weight excluding hydrogens is 328 g/mol. The van der Waals surface area contributed by atoms with Crippen LogP contribution in [0, 0.1) is 5.92 Å². The largest absolute Gasteiger partial charge is 0.449 e. The van der Waals surface area contributed by atoms with Crippen molar-refractivity contribution >= 4 is 28.3 Å². The zero-order valence-electron chi connectivity index (χ0n) is 15.0. The van der Waals surface area contributed by atoms with Gasteiger partial charge in [-0.3, -0.25) is 9.59 Å². The van der Waals surface area contributed by atoms with Crippen LogP contribution in [0.1, 0.15) is 32.6 Å². The third kappa shape index (κ3) is 2.81. The smallest absolute Gasteiger partial charge is 0.310 e. The summed E-state index contributed by atoms with van der Waals surface area (Å²) in [6, 6.07) is 15.0. The molecule has 2 aromatic carbocycles. The van der Waals surface area contributed by atoms with Crippen LogP contribution in [0.25, 0.3) is 10.8 Å². The van der Waals surface area contributed by atoms with E-state index in [1.165, 1.54) is 16.5 Å². The van der Waals surface area contributed by atoms with Crippen molar-refractivity contribution in [3.8, 4) is 0 Å². The first kappa shape index (κ1) is 16.9. The summed E-state index contributed by atoms with van der Waals surface area (Å²) in [6.45, 7) is 3.02. The number of hydrogen-bond acceptors (Lipinski definition) is 4. The molecule has 4 rings (SSSR count). The molecule has 2 aliphatic rings. The Bertz CT molecular complexity index is 848. The van der Waals surface area contributed by atoms with E-state index in [4.69, 9.17) is 10.5 Å². The molecule has 2 saturated carbocycles. The van der Waals surface area contributed by atoms with Crippen molar-refractivity contribution in [3.05, 3.63) is 42.5 Å². The van der Waals surface area contributed by atoms with Crippen LogP contribution in [0.2, 0.25) is 0 Å². The van der Waals surface area contributed by atoms with Gasteiger partial charge in [-0.15, -0.1) is 0 Å². The molecule has 5 heteroatoms. The summed E-state index contributed by atoms with van der Waals surface area (Å²) in [4.78, 5) is 26.1. The van der Waals surface area contributed by atoms with Crippen molar-refractivity contribution in [1.82, 2.24) is 0 Å². The van der Waals surface area contributed by atoms with Crippen molar-refractivity contribution in [3.63, 3.8) is 0 Å². The maximum atomic E-state index is 12.3. The summed E-state index contributed by atoms with van der Waals surface area (Å²) in [5, 5.41) is 2.45. The van der Waals surface area contributed by atoms with E-state index in [0.29, 0.717) is 18.9 Å². The van der Waals surface area contributed by atoms with Crippen LogP contribution in [-0.2, 0) is 14.3 Å². The minimum Gasteiger partial charge on any atom is -0.449 e. The van der Waals surface area contributed by atoms with Gasteiger partial charge in [0.05, 0.1) is 5.92 Å². The monoisotopic (exact) mass is 352 g/mol. The molecule has 26 heavy (non-hydrogen) atoms. The first-order chi connectivity index (χ1) is 12.5. The SMILES string of the molecule is CCN(c1cccc2ccccc12)C1CC(C(=O)OC2(C(N)=O)CC2)C1. The molecule has 0 aromatic heterocycles. The molecule has 136 valence electrons. The second-order valence-corrected chi connectivity index (χ2v) is 7.39. The highest BCUT2D eigenvalue weighted by atomic mass is 16.6. The highest BCUT2D eigenvalue weighted by Gasteiger charge is 2.54. The number of rotatable bonds is 6. The minimum atomic E-state index is -1.01. The molecule has 5 nitrogen and oxygen atoms in total. The van der Waals surface area contributed by atoms with E-state index in [9.17, 15) is 9.59 Å². The second-order valence-electron chi connectivity index (χ2n) is 7.39. The van der Waals surface area contributed by atoms with E-state index in [1.807, 2.05) is 6.07 Å². The Kier molecular flexibility index (Phi) is 4.10. The molecule has 0 spiro atoms. The number of fused-ring (bicyclic) bond motifs is 1. The summed E-state index contributed by atoms with van der Waals surface area (Å²) in [6.07, 6.45) is 2.62. The lowest BCUT2D eigenvalue weighted by Gasteiger charge is -2.43. The topological polar surface area (TPSA) is 72.6 Å². The van der Waals surface area contributed by atoms with E-state index < -0.39 is 11.5 Å². The van der Waals surface area contributed by atoms with E-state index in [1.54, 1.807) is 0 Å². The Balaban J connectivity index is 1.45. The minimum absolute atomic E-state index is 0.138. The summed E-state index contributed by atoms with van der Waals surface area (Å²) in [5.41, 5.74) is 5.54. The molecule has 0 aliphatic heterocycles. The molecule has 0 heterocycles. The first-order valence-electron chi connectivity index (χ1n) is 9.31. The van der Waals surface area contributed by atoms with Crippen molar-refractivity contribution in [2.24, 2.45) is 11.7 Å². The van der Waals surface area contributed by atoms with Gasteiger partial charge in [0.25, 0.3) is 5.91 Å². The number of carbonyl (C=O) groups excluding carboxylic acids is 2. The van der Waals surface area contributed by atoms with Gasteiger partial charge in [0, 0.05) is 36.5 Å². The predicted molar refractivity (Wildman–Crippen MR) is 101 cm³/mol. The molecule has 0 atom stereocenters. The third-order valence-corrected chi connectivity index (χ3v) is 5.75. The number of esters is 1. The average Bonchev–Trinajstić information content (AvgIpc) is 3.38. The molecule has 0 saturated heterocycles. The Morgan fingerprint density at radius 2 is 1.85 bits per heavy atom. The van der Waals surface area contributed by atoms with Crippen LogP contribution in [0.5, 0.6) is 0 Å². The van der Waals surface area contributed by atoms with Crippen molar-refractivity contribution in [1.29, 1.82) is 0 Å². The van der Waals surface area contributed by atoms with Gasteiger partial charge in [0.2, 0.25) is 0 Å². The summed E-state index contributed by atoms with van der Waals surface area (Å²) < 4.78 is 5.42. The zero-order valence-corrected chi connectivity index (χ0v) is 15.0. The lowest BCUT2D eigenvalue weighted by atomic mass is 9.79. The normalized spacial score (nSPS) is 23.1. The highest BCUT2D eigenvalue weighted by Crippen LogP contribution is 2.43. The van der Waals surface area contributed by atoms with Gasteiger partial charge < -0.3 is 15.4 Å². The van der Waals surface area contributed by atoms with Crippen LogP contribution in [0.15, 0.2) is 42.5 Å². The van der Waals surface area contributed by atoms with E-state index in [0.717, 1.165) is 19.4 Å². The van der Waals surface area contributed by atoms with Crippen molar-refractivity contribution in [2.75, 3.05) is 11.4 Å². The Morgan fingerprint density at radius 3 is 2.50 bits per heavy atom. The van der Waals surface area contributed by atoms with Gasteiger partial charge in [-0.2, -0.15) is 0 Å². The quantitative estimate of drug-likeness (QED) is 0.811. The average molecular weight is 352 g/mol. The number of nitrogens with zero attached hydrogens (tertiary/aromatic N) is 1. The Labute approximate surface area is 153 Å². The molecular formula is C21H24N2O3. The summed E-state index contributed by atoms with van der Waals surface area (Å²) in [5.74, 6) is -0.931. The molecule has 0 radical (unpaired) electrons. The lowest BCUT2D eigenvalue weighted by Crippen LogP contribution is -2.49. The number of carbonyl (C=O) groups is 2. The van der Waals surface area contributed by atoms with E-state index in [-0.39, 0.29) is 11.9 Å². The fraction of sp³-hybridized carbons (Fsp3) is 0.429. The van der Waals surface area contributed by atoms with E-state index >= 15 is 0 Å². The van der Waals surface area contributed by atoms with Crippen LogP contribution in [0.4, 0.5) is 5.69 Å². The number of ether oxygens (including phenoxy) is 1. The van der Waals surface area contributed by atoms with Gasteiger partial charge in [0.15, 0.2) is 5.60 Å². The third-order valence-electron chi connectivity index (χ3n) is 5.75. The fourth-order valence-electron chi connectivity index (χ4n) is 3.91. The number of nitrogens with two attached hydrogens (primary N) is 1. The second kappa shape index (κ2) is 6.31. The van der Waals surface area contributed by atoms with Gasteiger partial charge in [-0.05, 0) is 31.2 Å². The Hall–Kier alpha value is -2.56. The number of amides is 1. The van der Waals surface area contributed by atoms with Gasteiger partial charge in [-0.25, -0.2) is 0 Å². The molecule has 1 amide bonds. The molecule has 2 aliphatic carbocycles. The maximum Gasteiger partial charge on any atom is 0.310 e. The van der Waals surface area contributed by atoms with Crippen LogP contribution in [0.3, 0.4) is 0 Å². The number of primary amides is 1.